The molecule has 0 saturated heterocycles. The van der Waals surface area contributed by atoms with E-state index >= 15 is 0 Å². The van der Waals surface area contributed by atoms with Crippen molar-refractivity contribution in [3.8, 4) is 22.6 Å². The number of nitrogens with zero attached hydrogens (tertiary/aromatic N) is 3. The molecule has 4 heteroatoms. The minimum atomic E-state index is -0.0378. The molecule has 25 heavy (non-hydrogen) atoms. The lowest BCUT2D eigenvalue weighted by molar-refractivity contribution is 0.166. The summed E-state index contributed by atoms with van der Waals surface area (Å²) in [6, 6.07) is 14.4. The van der Waals surface area contributed by atoms with Gasteiger partial charge in [-0.1, -0.05) is 29.8 Å². The monoisotopic (exact) mass is 335 g/mol. The molecule has 2 heterocycles. The van der Waals surface area contributed by atoms with E-state index in [0.717, 1.165) is 16.8 Å². The molecule has 0 unspecified atom stereocenters. The molecule has 4 nitrogen and oxygen atoms in total. The molecule has 0 atom stereocenters. The van der Waals surface area contributed by atoms with Crippen molar-refractivity contribution in [2.45, 2.75) is 46.7 Å². The molecule has 1 amide bonds. The second-order valence-corrected chi connectivity index (χ2v) is 7.04. The van der Waals surface area contributed by atoms with E-state index in [-0.39, 0.29) is 18.1 Å². The molecule has 2 aliphatic heterocycles. The van der Waals surface area contributed by atoms with Crippen molar-refractivity contribution in [2.24, 2.45) is 0 Å². The molecule has 1 aromatic rings. The third kappa shape index (κ3) is 3.29. The fraction of sp³-hybridized carbons (Fsp3) is 0.333. The quantitative estimate of drug-likeness (QED) is 0.672. The van der Waals surface area contributed by atoms with Gasteiger partial charge in [0, 0.05) is 29.4 Å². The van der Waals surface area contributed by atoms with E-state index in [9.17, 15) is 4.79 Å². The zero-order valence-electron chi connectivity index (χ0n) is 15.5. The van der Waals surface area contributed by atoms with Gasteiger partial charge in [-0.2, -0.15) is 0 Å². The number of carbonyl (C=O) groups is 1. The standard InChI is InChI=1S/C21H25N3O/c1-14(2)24(15(3)4)21(25)23-12-6-7-18-13-19(22-20(18)23)17-10-8-16(5)9-11-17/h6-15H,1-5H3. The van der Waals surface area contributed by atoms with E-state index in [2.05, 4.69) is 31.2 Å². The van der Waals surface area contributed by atoms with E-state index in [1.165, 1.54) is 5.56 Å². The Morgan fingerprint density at radius 1 is 1.00 bits per heavy atom. The molecule has 1 aromatic carbocycles. The second-order valence-electron chi connectivity index (χ2n) is 7.04. The molecular weight excluding hydrogens is 310 g/mol. The van der Waals surface area contributed by atoms with Gasteiger partial charge in [0.2, 0.25) is 0 Å². The third-order valence-corrected chi connectivity index (χ3v) is 4.40. The molecule has 2 aliphatic rings. The lowest BCUT2D eigenvalue weighted by Gasteiger charge is -2.31. The maximum atomic E-state index is 13.1. The highest BCUT2D eigenvalue weighted by Crippen LogP contribution is 2.29. The van der Waals surface area contributed by atoms with Crippen LogP contribution in [-0.2, 0) is 0 Å². The largest absolute Gasteiger partial charge is 0.330 e. The van der Waals surface area contributed by atoms with Crippen LogP contribution in [0.15, 0.2) is 48.7 Å². The molecule has 0 spiro atoms. The van der Waals surface area contributed by atoms with Crippen molar-refractivity contribution >= 4 is 6.03 Å². The van der Waals surface area contributed by atoms with Gasteiger partial charge in [0.25, 0.3) is 0 Å². The van der Waals surface area contributed by atoms with Crippen LogP contribution in [0, 0.1) is 6.92 Å². The zero-order chi connectivity index (χ0) is 18.1. The van der Waals surface area contributed by atoms with Crippen LogP contribution in [0.2, 0.25) is 0 Å². The van der Waals surface area contributed by atoms with Crippen LogP contribution in [0.1, 0.15) is 33.3 Å². The fourth-order valence-corrected chi connectivity index (χ4v) is 3.23. The topological polar surface area (TPSA) is 38.1 Å². The Morgan fingerprint density at radius 3 is 2.24 bits per heavy atom. The van der Waals surface area contributed by atoms with Crippen LogP contribution in [0.3, 0.4) is 0 Å². The molecule has 0 bridgehead atoms. The van der Waals surface area contributed by atoms with E-state index < -0.39 is 0 Å². The summed E-state index contributed by atoms with van der Waals surface area (Å²) in [4.78, 5) is 19.7. The highest BCUT2D eigenvalue weighted by atomic mass is 16.2. The van der Waals surface area contributed by atoms with Crippen LogP contribution in [0.25, 0.3) is 22.6 Å². The van der Waals surface area contributed by atoms with Crippen molar-refractivity contribution < 1.29 is 4.79 Å². The summed E-state index contributed by atoms with van der Waals surface area (Å²) in [7, 11) is 0. The van der Waals surface area contributed by atoms with Crippen LogP contribution in [0.5, 0.6) is 0 Å². The maximum Gasteiger partial charge on any atom is 0.330 e. The Kier molecular flexibility index (Phi) is 4.62. The van der Waals surface area contributed by atoms with E-state index in [4.69, 9.17) is 4.98 Å². The SMILES string of the molecule is Cc1ccc(-c2cc3cccn(C(=O)N(C(C)C)C(C)C)c-3n2)cc1. The second kappa shape index (κ2) is 6.71. The minimum Gasteiger partial charge on any atom is -0.319 e. The molecule has 0 saturated carbocycles. The minimum absolute atomic E-state index is 0.0378. The normalized spacial score (nSPS) is 11.5. The van der Waals surface area contributed by atoms with Gasteiger partial charge in [-0.25, -0.2) is 9.78 Å². The highest BCUT2D eigenvalue weighted by molar-refractivity contribution is 5.84. The lowest BCUT2D eigenvalue weighted by Crippen LogP contribution is -2.44. The number of carbonyl (C=O) groups excluding carboxylic acids is 1. The Balaban J connectivity index is 2.06. The van der Waals surface area contributed by atoms with Crippen molar-refractivity contribution in [1.29, 1.82) is 0 Å². The zero-order valence-corrected chi connectivity index (χ0v) is 15.5. The van der Waals surface area contributed by atoms with Crippen molar-refractivity contribution in [1.82, 2.24) is 14.5 Å². The number of amides is 1. The predicted octanol–water partition coefficient (Wildman–Crippen LogP) is 5.05. The van der Waals surface area contributed by atoms with Gasteiger partial charge < -0.3 is 4.90 Å². The van der Waals surface area contributed by atoms with Crippen molar-refractivity contribution in [2.75, 3.05) is 0 Å². The van der Waals surface area contributed by atoms with Crippen LogP contribution < -0.4 is 0 Å². The Bertz CT molecular complexity index is 838. The molecule has 0 aromatic heterocycles. The molecule has 130 valence electrons. The number of hydrogen-bond donors (Lipinski definition) is 0. The van der Waals surface area contributed by atoms with Gasteiger partial charge in [-0.05, 0) is 52.8 Å². The Morgan fingerprint density at radius 2 is 1.64 bits per heavy atom. The third-order valence-electron chi connectivity index (χ3n) is 4.40. The van der Waals surface area contributed by atoms with Gasteiger partial charge in [-0.3, -0.25) is 4.57 Å². The van der Waals surface area contributed by atoms with Crippen LogP contribution >= 0.6 is 0 Å². The maximum absolute atomic E-state index is 13.1. The van der Waals surface area contributed by atoms with E-state index in [0.29, 0.717) is 5.82 Å². The van der Waals surface area contributed by atoms with E-state index in [1.54, 1.807) is 10.8 Å². The predicted molar refractivity (Wildman–Crippen MR) is 102 cm³/mol. The number of benzene rings is 1. The summed E-state index contributed by atoms with van der Waals surface area (Å²) >= 11 is 0. The number of hydrogen-bond acceptors (Lipinski definition) is 2. The number of fused-ring (bicyclic) bond motifs is 1. The first-order chi connectivity index (χ1) is 11.9. The average Bonchev–Trinajstić information content (AvgIpc) is 2.98. The van der Waals surface area contributed by atoms with Crippen molar-refractivity contribution in [3.05, 3.63) is 54.2 Å². The molecule has 0 fully saturated rings. The fourth-order valence-electron chi connectivity index (χ4n) is 3.23. The Hall–Kier alpha value is -2.62. The van der Waals surface area contributed by atoms with Gasteiger partial charge in [0.15, 0.2) is 0 Å². The number of rotatable bonds is 3. The van der Waals surface area contributed by atoms with Crippen LogP contribution in [0.4, 0.5) is 4.79 Å². The lowest BCUT2D eigenvalue weighted by atomic mass is 10.1. The molecule has 0 aliphatic carbocycles. The average molecular weight is 335 g/mol. The van der Waals surface area contributed by atoms with Crippen LogP contribution in [-0.4, -0.2) is 32.6 Å². The molecule has 0 N–H and O–H groups in total. The number of pyridine rings is 1. The number of aryl methyl sites for hydroxylation is 1. The van der Waals surface area contributed by atoms with Gasteiger partial charge in [0.1, 0.15) is 5.82 Å². The first-order valence-electron chi connectivity index (χ1n) is 8.76. The summed E-state index contributed by atoms with van der Waals surface area (Å²) < 4.78 is 1.66. The molecule has 0 radical (unpaired) electrons. The van der Waals surface area contributed by atoms with Gasteiger partial charge >= 0.3 is 6.03 Å². The summed E-state index contributed by atoms with van der Waals surface area (Å²) in [5.74, 6) is 0.703. The molecular formula is C21H25N3O. The first kappa shape index (κ1) is 17.2. The van der Waals surface area contributed by atoms with E-state index in [1.807, 2.05) is 50.8 Å². The van der Waals surface area contributed by atoms with Crippen molar-refractivity contribution in [3.63, 3.8) is 0 Å². The Labute approximate surface area is 149 Å². The summed E-state index contributed by atoms with van der Waals surface area (Å²) in [6.45, 7) is 10.2. The number of aromatic nitrogens is 2. The first-order valence-corrected chi connectivity index (χ1v) is 8.76. The summed E-state index contributed by atoms with van der Waals surface area (Å²) in [5, 5.41) is 0. The highest BCUT2D eigenvalue weighted by Gasteiger charge is 2.25. The van der Waals surface area contributed by atoms with Gasteiger partial charge in [0.05, 0.1) is 5.69 Å². The summed E-state index contributed by atoms with van der Waals surface area (Å²) in [6.07, 6.45) is 1.80. The molecule has 3 rings (SSSR count). The summed E-state index contributed by atoms with van der Waals surface area (Å²) in [5.41, 5.74) is 4.14. The smallest absolute Gasteiger partial charge is 0.319 e. The van der Waals surface area contributed by atoms with Gasteiger partial charge in [-0.15, -0.1) is 0 Å².